The van der Waals surface area contributed by atoms with Crippen LogP contribution in [-0.2, 0) is 6.54 Å². The van der Waals surface area contributed by atoms with Crippen LogP contribution in [0.3, 0.4) is 0 Å². The smallest absolute Gasteiger partial charge is 0.0430 e. The summed E-state index contributed by atoms with van der Waals surface area (Å²) in [5.41, 5.74) is 6.43. The van der Waals surface area contributed by atoms with Crippen molar-refractivity contribution in [1.82, 2.24) is 0 Å². The predicted octanol–water partition coefficient (Wildman–Crippen LogP) is 5.64. The summed E-state index contributed by atoms with van der Waals surface area (Å²) in [5, 5.41) is 5.70. The molecule has 0 spiro atoms. The minimum Gasteiger partial charge on any atom is -0.380 e. The molecule has 1 aromatic heterocycles. The van der Waals surface area contributed by atoms with E-state index in [1.165, 1.54) is 32.8 Å². The quantitative estimate of drug-likeness (QED) is 0.656. The van der Waals surface area contributed by atoms with E-state index in [9.17, 15) is 0 Å². The number of rotatable bonds is 4. The molecule has 0 bridgehead atoms. The zero-order valence-corrected chi connectivity index (χ0v) is 13.2. The van der Waals surface area contributed by atoms with Crippen molar-refractivity contribution in [2.45, 2.75) is 20.4 Å². The molecular formula is C19H19NS. The second-order valence-electron chi connectivity index (χ2n) is 5.37. The first-order valence-corrected chi connectivity index (χ1v) is 8.04. The number of aryl methyl sites for hydroxylation is 2. The first-order valence-electron chi connectivity index (χ1n) is 7.16. The van der Waals surface area contributed by atoms with Gasteiger partial charge in [-0.25, -0.2) is 0 Å². The standard InChI is InChI=1S/C19H19NS/c1-14-10-15(2)12-16(11-14)13-20-18-7-4-3-6-17(18)19-8-5-9-21-19/h3-12,20H,13H2,1-2H3. The highest BCUT2D eigenvalue weighted by Gasteiger charge is 2.05. The Morgan fingerprint density at radius 3 is 2.38 bits per heavy atom. The van der Waals surface area contributed by atoms with Crippen LogP contribution in [0.25, 0.3) is 10.4 Å². The highest BCUT2D eigenvalue weighted by atomic mass is 32.1. The third-order valence-electron chi connectivity index (χ3n) is 3.48. The van der Waals surface area contributed by atoms with E-state index in [1.54, 1.807) is 11.3 Å². The molecule has 21 heavy (non-hydrogen) atoms. The van der Waals surface area contributed by atoms with Gasteiger partial charge in [0.05, 0.1) is 0 Å². The lowest BCUT2D eigenvalue weighted by Gasteiger charge is -2.12. The van der Waals surface area contributed by atoms with Crippen molar-refractivity contribution in [2.24, 2.45) is 0 Å². The Labute approximate surface area is 130 Å². The molecular weight excluding hydrogens is 274 g/mol. The number of thiophene rings is 1. The zero-order valence-electron chi connectivity index (χ0n) is 12.4. The van der Waals surface area contributed by atoms with Gasteiger partial charge >= 0.3 is 0 Å². The maximum Gasteiger partial charge on any atom is 0.0430 e. The summed E-state index contributed by atoms with van der Waals surface area (Å²) in [6, 6.07) is 19.5. The zero-order chi connectivity index (χ0) is 14.7. The molecule has 2 aromatic carbocycles. The Morgan fingerprint density at radius 1 is 0.905 bits per heavy atom. The van der Waals surface area contributed by atoms with Crippen LogP contribution in [0.15, 0.2) is 60.0 Å². The lowest BCUT2D eigenvalue weighted by atomic mass is 10.1. The average molecular weight is 293 g/mol. The number of hydrogen-bond donors (Lipinski definition) is 1. The van der Waals surface area contributed by atoms with Gasteiger partial charge in [-0.3, -0.25) is 0 Å². The summed E-state index contributed by atoms with van der Waals surface area (Å²) >= 11 is 1.78. The predicted molar refractivity (Wildman–Crippen MR) is 93.0 cm³/mol. The minimum atomic E-state index is 0.852. The highest BCUT2D eigenvalue weighted by Crippen LogP contribution is 2.31. The van der Waals surface area contributed by atoms with Gasteiger partial charge in [0.25, 0.3) is 0 Å². The van der Waals surface area contributed by atoms with Gasteiger partial charge in [-0.1, -0.05) is 53.6 Å². The summed E-state index contributed by atoms with van der Waals surface area (Å²) in [7, 11) is 0. The normalized spacial score (nSPS) is 10.6. The largest absolute Gasteiger partial charge is 0.380 e. The summed E-state index contributed by atoms with van der Waals surface area (Å²) in [6.45, 7) is 5.15. The lowest BCUT2D eigenvalue weighted by molar-refractivity contribution is 1.13. The monoisotopic (exact) mass is 293 g/mol. The summed E-state index contributed by atoms with van der Waals surface area (Å²) in [4.78, 5) is 1.30. The third kappa shape index (κ3) is 3.34. The third-order valence-corrected chi connectivity index (χ3v) is 4.38. The Hall–Kier alpha value is -2.06. The highest BCUT2D eigenvalue weighted by molar-refractivity contribution is 7.13. The van der Waals surface area contributed by atoms with Gasteiger partial charge in [-0.15, -0.1) is 11.3 Å². The molecule has 0 aliphatic rings. The van der Waals surface area contributed by atoms with E-state index in [1.807, 2.05) is 0 Å². The first kappa shape index (κ1) is 13.9. The number of anilines is 1. The Bertz CT molecular complexity index is 709. The molecule has 2 heteroatoms. The Kier molecular flexibility index (Phi) is 4.07. The fraction of sp³-hybridized carbons (Fsp3) is 0.158. The van der Waals surface area contributed by atoms with Gasteiger partial charge in [0.15, 0.2) is 0 Å². The van der Waals surface area contributed by atoms with Crippen molar-refractivity contribution in [3.63, 3.8) is 0 Å². The Balaban J connectivity index is 1.82. The van der Waals surface area contributed by atoms with Crippen molar-refractivity contribution >= 4 is 17.0 Å². The van der Waals surface area contributed by atoms with Crippen molar-refractivity contribution in [2.75, 3.05) is 5.32 Å². The van der Waals surface area contributed by atoms with E-state index in [4.69, 9.17) is 0 Å². The molecule has 1 heterocycles. The molecule has 1 N–H and O–H groups in total. The molecule has 0 saturated carbocycles. The van der Waals surface area contributed by atoms with Crippen molar-refractivity contribution in [1.29, 1.82) is 0 Å². The van der Waals surface area contributed by atoms with Crippen LogP contribution in [0.4, 0.5) is 5.69 Å². The van der Waals surface area contributed by atoms with Gasteiger partial charge in [-0.05, 0) is 36.9 Å². The van der Waals surface area contributed by atoms with E-state index < -0.39 is 0 Å². The SMILES string of the molecule is Cc1cc(C)cc(CNc2ccccc2-c2cccs2)c1. The number of benzene rings is 2. The van der Waals surface area contributed by atoms with E-state index >= 15 is 0 Å². The van der Waals surface area contributed by atoms with E-state index in [0.717, 1.165) is 6.54 Å². The number of para-hydroxylation sites is 1. The van der Waals surface area contributed by atoms with Crippen molar-refractivity contribution in [3.8, 4) is 10.4 Å². The summed E-state index contributed by atoms with van der Waals surface area (Å²) < 4.78 is 0. The molecule has 0 radical (unpaired) electrons. The molecule has 0 aliphatic carbocycles. The summed E-state index contributed by atoms with van der Waals surface area (Å²) in [6.07, 6.45) is 0. The van der Waals surface area contributed by atoms with Crippen LogP contribution in [0.2, 0.25) is 0 Å². The summed E-state index contributed by atoms with van der Waals surface area (Å²) in [5.74, 6) is 0. The topological polar surface area (TPSA) is 12.0 Å². The minimum absolute atomic E-state index is 0.852. The average Bonchev–Trinajstić information content (AvgIpc) is 2.98. The molecule has 0 saturated heterocycles. The van der Waals surface area contributed by atoms with Crippen LogP contribution < -0.4 is 5.32 Å². The van der Waals surface area contributed by atoms with E-state index in [0.29, 0.717) is 0 Å². The molecule has 0 aliphatic heterocycles. The van der Waals surface area contributed by atoms with Crippen LogP contribution >= 0.6 is 11.3 Å². The first-order chi connectivity index (χ1) is 10.2. The Morgan fingerprint density at radius 2 is 1.67 bits per heavy atom. The fourth-order valence-electron chi connectivity index (χ4n) is 2.65. The second-order valence-corrected chi connectivity index (χ2v) is 6.32. The second kappa shape index (κ2) is 6.15. The maximum absolute atomic E-state index is 3.58. The molecule has 3 rings (SSSR count). The van der Waals surface area contributed by atoms with E-state index in [-0.39, 0.29) is 0 Å². The van der Waals surface area contributed by atoms with E-state index in [2.05, 4.69) is 79.1 Å². The molecule has 0 fully saturated rings. The molecule has 0 atom stereocenters. The van der Waals surface area contributed by atoms with Crippen molar-refractivity contribution < 1.29 is 0 Å². The molecule has 106 valence electrons. The fourth-order valence-corrected chi connectivity index (χ4v) is 3.42. The van der Waals surface area contributed by atoms with Crippen LogP contribution in [0.5, 0.6) is 0 Å². The van der Waals surface area contributed by atoms with Crippen molar-refractivity contribution in [3.05, 3.63) is 76.7 Å². The molecule has 1 nitrogen and oxygen atoms in total. The van der Waals surface area contributed by atoms with Gasteiger partial charge < -0.3 is 5.32 Å². The van der Waals surface area contributed by atoms with Crippen LogP contribution in [0, 0.1) is 13.8 Å². The molecule has 3 aromatic rings. The van der Waals surface area contributed by atoms with Gasteiger partial charge in [0.2, 0.25) is 0 Å². The van der Waals surface area contributed by atoms with Gasteiger partial charge in [0.1, 0.15) is 0 Å². The lowest BCUT2D eigenvalue weighted by Crippen LogP contribution is -2.01. The molecule has 0 amide bonds. The van der Waals surface area contributed by atoms with Crippen LogP contribution in [-0.4, -0.2) is 0 Å². The maximum atomic E-state index is 3.58. The number of hydrogen-bond acceptors (Lipinski definition) is 2. The molecule has 0 unspecified atom stereocenters. The van der Waals surface area contributed by atoms with Gasteiger partial charge in [0, 0.05) is 22.7 Å². The van der Waals surface area contributed by atoms with Gasteiger partial charge in [-0.2, -0.15) is 0 Å². The van der Waals surface area contributed by atoms with Crippen LogP contribution in [0.1, 0.15) is 16.7 Å². The number of nitrogens with one attached hydrogen (secondary N) is 1.